The molecule has 1 heterocycles. The van der Waals surface area contributed by atoms with Gasteiger partial charge in [-0.25, -0.2) is 15.8 Å². The van der Waals surface area contributed by atoms with Crippen molar-refractivity contribution in [3.8, 4) is 0 Å². The van der Waals surface area contributed by atoms with E-state index in [0.29, 0.717) is 12.0 Å². The van der Waals surface area contributed by atoms with Gasteiger partial charge in [0.25, 0.3) is 0 Å². The predicted molar refractivity (Wildman–Crippen MR) is 83.8 cm³/mol. The van der Waals surface area contributed by atoms with Crippen molar-refractivity contribution in [1.29, 1.82) is 0 Å². The van der Waals surface area contributed by atoms with Gasteiger partial charge < -0.3 is 10.7 Å². The first-order chi connectivity index (χ1) is 9.65. The highest BCUT2D eigenvalue weighted by atomic mass is 15.3. The van der Waals surface area contributed by atoms with Crippen molar-refractivity contribution in [2.75, 3.05) is 10.7 Å². The van der Waals surface area contributed by atoms with Crippen molar-refractivity contribution in [1.82, 2.24) is 9.97 Å². The number of hydrazine groups is 1. The third-order valence-corrected chi connectivity index (χ3v) is 3.87. The standard InChI is InChI=1S/C15H27N5/c1-4-5-6-7-10(2)17-13-11(3)14(20-16)19-15(18-13)12-8-9-12/h10,12H,4-9,16H2,1-3H3,(H2,17,18,19,20). The van der Waals surface area contributed by atoms with Crippen molar-refractivity contribution in [3.05, 3.63) is 11.4 Å². The number of hydrogen-bond donors (Lipinski definition) is 3. The van der Waals surface area contributed by atoms with Gasteiger partial charge >= 0.3 is 0 Å². The zero-order chi connectivity index (χ0) is 14.5. The van der Waals surface area contributed by atoms with E-state index in [-0.39, 0.29) is 0 Å². The summed E-state index contributed by atoms with van der Waals surface area (Å²) in [4.78, 5) is 9.20. The van der Waals surface area contributed by atoms with E-state index in [0.717, 1.165) is 23.0 Å². The number of anilines is 2. The van der Waals surface area contributed by atoms with Crippen LogP contribution in [0.3, 0.4) is 0 Å². The first kappa shape index (κ1) is 15.0. The van der Waals surface area contributed by atoms with E-state index >= 15 is 0 Å². The molecule has 1 aromatic rings. The molecule has 1 aliphatic rings. The Hall–Kier alpha value is -1.36. The molecular weight excluding hydrogens is 250 g/mol. The van der Waals surface area contributed by atoms with Gasteiger partial charge in [-0.15, -0.1) is 0 Å². The quantitative estimate of drug-likeness (QED) is 0.386. The minimum Gasteiger partial charge on any atom is -0.367 e. The van der Waals surface area contributed by atoms with E-state index in [1.165, 1.54) is 38.5 Å². The van der Waals surface area contributed by atoms with Crippen LogP contribution in [0, 0.1) is 6.92 Å². The minimum absolute atomic E-state index is 0.424. The van der Waals surface area contributed by atoms with Gasteiger partial charge in [0.1, 0.15) is 17.5 Å². The van der Waals surface area contributed by atoms with Gasteiger partial charge in [0, 0.05) is 17.5 Å². The average Bonchev–Trinajstić information content (AvgIpc) is 3.26. The predicted octanol–water partition coefficient (Wildman–Crippen LogP) is 3.33. The van der Waals surface area contributed by atoms with Crippen molar-refractivity contribution in [3.63, 3.8) is 0 Å². The Kier molecular flexibility index (Phi) is 5.17. The first-order valence-electron chi connectivity index (χ1n) is 7.77. The lowest BCUT2D eigenvalue weighted by Crippen LogP contribution is -2.20. The number of nitrogens with zero attached hydrogens (tertiary/aromatic N) is 2. The second kappa shape index (κ2) is 6.88. The number of hydrogen-bond acceptors (Lipinski definition) is 5. The van der Waals surface area contributed by atoms with Crippen LogP contribution in [0.1, 0.15) is 69.7 Å². The summed E-state index contributed by atoms with van der Waals surface area (Å²) in [6, 6.07) is 0.424. The summed E-state index contributed by atoms with van der Waals surface area (Å²) in [7, 11) is 0. The Morgan fingerprint density at radius 2 is 1.95 bits per heavy atom. The molecule has 0 saturated heterocycles. The monoisotopic (exact) mass is 277 g/mol. The third kappa shape index (κ3) is 3.82. The largest absolute Gasteiger partial charge is 0.367 e. The summed E-state index contributed by atoms with van der Waals surface area (Å²) < 4.78 is 0. The summed E-state index contributed by atoms with van der Waals surface area (Å²) >= 11 is 0. The Morgan fingerprint density at radius 1 is 1.25 bits per heavy atom. The van der Waals surface area contributed by atoms with Crippen LogP contribution in [0.2, 0.25) is 0 Å². The number of nitrogens with one attached hydrogen (secondary N) is 2. The van der Waals surface area contributed by atoms with Gasteiger partial charge in [0.05, 0.1) is 0 Å². The Morgan fingerprint density at radius 3 is 2.55 bits per heavy atom. The fourth-order valence-electron chi connectivity index (χ4n) is 2.35. The maximum atomic E-state index is 5.57. The van der Waals surface area contributed by atoms with E-state index < -0.39 is 0 Å². The number of nitrogens with two attached hydrogens (primary N) is 1. The second-order valence-electron chi connectivity index (χ2n) is 5.86. The van der Waals surface area contributed by atoms with Crippen molar-refractivity contribution in [2.24, 2.45) is 5.84 Å². The van der Waals surface area contributed by atoms with Crippen LogP contribution < -0.4 is 16.6 Å². The summed E-state index contributed by atoms with van der Waals surface area (Å²) in [6.45, 7) is 6.45. The van der Waals surface area contributed by atoms with Gasteiger partial charge in [0.15, 0.2) is 0 Å². The Labute approximate surface area is 121 Å². The average molecular weight is 277 g/mol. The molecule has 1 saturated carbocycles. The fourth-order valence-corrected chi connectivity index (χ4v) is 2.35. The van der Waals surface area contributed by atoms with E-state index in [4.69, 9.17) is 10.8 Å². The summed E-state index contributed by atoms with van der Waals surface area (Å²) in [6.07, 6.45) is 7.36. The molecule has 0 radical (unpaired) electrons. The Balaban J connectivity index is 2.07. The molecule has 1 aromatic heterocycles. The lowest BCUT2D eigenvalue weighted by Gasteiger charge is -2.18. The van der Waals surface area contributed by atoms with Crippen LogP contribution in [0.5, 0.6) is 0 Å². The molecule has 0 amide bonds. The molecule has 4 N–H and O–H groups in total. The highest BCUT2D eigenvalue weighted by molar-refractivity contribution is 5.57. The first-order valence-corrected chi connectivity index (χ1v) is 7.77. The van der Waals surface area contributed by atoms with Gasteiger partial charge in [0.2, 0.25) is 0 Å². The van der Waals surface area contributed by atoms with Crippen LogP contribution in [-0.2, 0) is 0 Å². The van der Waals surface area contributed by atoms with Crippen molar-refractivity contribution in [2.45, 2.75) is 71.3 Å². The van der Waals surface area contributed by atoms with Crippen molar-refractivity contribution < 1.29 is 0 Å². The molecule has 0 aliphatic heterocycles. The molecule has 112 valence electrons. The van der Waals surface area contributed by atoms with E-state index in [1.807, 2.05) is 6.92 Å². The zero-order valence-electron chi connectivity index (χ0n) is 12.9. The van der Waals surface area contributed by atoms with E-state index in [9.17, 15) is 0 Å². The minimum atomic E-state index is 0.424. The SMILES string of the molecule is CCCCCC(C)Nc1nc(C2CC2)nc(NN)c1C. The molecule has 5 heteroatoms. The normalized spacial score (nSPS) is 16.0. The van der Waals surface area contributed by atoms with Crippen LogP contribution >= 0.6 is 0 Å². The highest BCUT2D eigenvalue weighted by Gasteiger charge is 2.28. The zero-order valence-corrected chi connectivity index (χ0v) is 12.9. The maximum absolute atomic E-state index is 5.57. The number of unbranched alkanes of at least 4 members (excludes halogenated alkanes) is 2. The lowest BCUT2D eigenvalue weighted by atomic mass is 10.1. The Bertz CT molecular complexity index is 442. The number of nitrogen functional groups attached to an aromatic ring is 1. The molecule has 1 unspecified atom stereocenters. The second-order valence-corrected chi connectivity index (χ2v) is 5.86. The van der Waals surface area contributed by atoms with Crippen LogP contribution in [0.4, 0.5) is 11.6 Å². The van der Waals surface area contributed by atoms with Gasteiger partial charge in [-0.1, -0.05) is 26.2 Å². The molecule has 0 bridgehead atoms. The lowest BCUT2D eigenvalue weighted by molar-refractivity contribution is 0.613. The van der Waals surface area contributed by atoms with Crippen LogP contribution in [0.25, 0.3) is 0 Å². The molecule has 5 nitrogen and oxygen atoms in total. The van der Waals surface area contributed by atoms with Crippen LogP contribution in [-0.4, -0.2) is 16.0 Å². The van der Waals surface area contributed by atoms with Gasteiger partial charge in [-0.3, -0.25) is 0 Å². The van der Waals surface area contributed by atoms with Crippen molar-refractivity contribution >= 4 is 11.6 Å². The molecule has 1 atom stereocenters. The smallest absolute Gasteiger partial charge is 0.148 e. The highest BCUT2D eigenvalue weighted by Crippen LogP contribution is 2.39. The molecule has 2 rings (SSSR count). The molecule has 1 fully saturated rings. The molecular formula is C15H27N5. The summed E-state index contributed by atoms with van der Waals surface area (Å²) in [5.41, 5.74) is 3.69. The molecule has 0 spiro atoms. The van der Waals surface area contributed by atoms with Gasteiger partial charge in [-0.2, -0.15) is 0 Å². The van der Waals surface area contributed by atoms with Crippen LogP contribution in [0.15, 0.2) is 0 Å². The number of rotatable bonds is 8. The number of aromatic nitrogens is 2. The fraction of sp³-hybridized carbons (Fsp3) is 0.733. The van der Waals surface area contributed by atoms with Gasteiger partial charge in [-0.05, 0) is 33.1 Å². The maximum Gasteiger partial charge on any atom is 0.148 e. The molecule has 0 aromatic carbocycles. The van der Waals surface area contributed by atoms with E-state index in [1.54, 1.807) is 0 Å². The third-order valence-electron chi connectivity index (χ3n) is 3.87. The summed E-state index contributed by atoms with van der Waals surface area (Å²) in [5, 5.41) is 3.52. The topological polar surface area (TPSA) is 75.9 Å². The van der Waals surface area contributed by atoms with E-state index in [2.05, 4.69) is 29.6 Å². The molecule has 1 aliphatic carbocycles. The molecule has 20 heavy (non-hydrogen) atoms. The summed E-state index contributed by atoms with van der Waals surface area (Å²) in [5.74, 6) is 8.69.